The smallest absolute Gasteiger partial charge is 0.329 e. The molecule has 6 amide bonds. The summed E-state index contributed by atoms with van der Waals surface area (Å²) in [5.74, 6) is -7.39. The Hall–Kier alpha value is -5.45. The first-order chi connectivity index (χ1) is 27.3. The minimum Gasteiger partial charge on any atom is -0.458 e. The molecule has 15 nitrogen and oxygen atoms in total. The third kappa shape index (κ3) is 10.2. The van der Waals surface area contributed by atoms with Crippen molar-refractivity contribution in [1.29, 1.82) is 0 Å². The molecule has 3 fully saturated rings. The average Bonchev–Trinajstić information content (AvgIpc) is 3.80. The summed E-state index contributed by atoms with van der Waals surface area (Å²) in [4.78, 5) is 101. The quantitative estimate of drug-likeness (QED) is 0.281. The van der Waals surface area contributed by atoms with Gasteiger partial charge in [-0.05, 0) is 76.1 Å². The van der Waals surface area contributed by atoms with Crippen LogP contribution in [0.5, 0.6) is 0 Å². The third-order valence-electron chi connectivity index (χ3n) is 10.9. The molecule has 0 aromatic heterocycles. The van der Waals surface area contributed by atoms with Gasteiger partial charge in [0.2, 0.25) is 35.4 Å². The molecule has 1 unspecified atom stereocenters. The van der Waals surface area contributed by atoms with E-state index in [0.717, 1.165) is 22.6 Å². The third-order valence-corrected chi connectivity index (χ3v) is 10.9. The zero-order chi connectivity index (χ0) is 42.6. The first kappa shape index (κ1) is 43.7. The van der Waals surface area contributed by atoms with E-state index in [4.69, 9.17) is 4.74 Å². The molecule has 3 aliphatic rings. The zero-order valence-electron chi connectivity index (χ0n) is 33.5. The number of amides is 6. The van der Waals surface area contributed by atoms with Gasteiger partial charge in [0.1, 0.15) is 54.0 Å². The Balaban J connectivity index is 1.51. The fraction of sp³-hybridized carbons (Fsp3) is 0.537. The summed E-state index contributed by atoms with van der Waals surface area (Å²) in [5.41, 5.74) is 1.61. The Labute approximate surface area is 335 Å². The lowest BCUT2D eigenvalue weighted by atomic mass is 10.0. The maximum atomic E-state index is 14.6. The van der Waals surface area contributed by atoms with Gasteiger partial charge in [-0.3, -0.25) is 28.8 Å². The van der Waals surface area contributed by atoms with Crippen molar-refractivity contribution < 1.29 is 52.2 Å². The van der Waals surface area contributed by atoms with Crippen LogP contribution in [0.3, 0.4) is 0 Å². The number of esters is 1. The summed E-state index contributed by atoms with van der Waals surface area (Å²) in [5, 5.41) is 18.5. The molecule has 0 saturated carbocycles. The normalized spacial score (nSPS) is 27.0. The van der Waals surface area contributed by atoms with Crippen molar-refractivity contribution >= 4 is 41.4 Å². The number of nitrogens with one attached hydrogen (secondary N) is 3. The second kappa shape index (κ2) is 18.4. The molecule has 0 aliphatic carbocycles. The molecule has 9 atom stereocenters. The summed E-state index contributed by atoms with van der Waals surface area (Å²) in [6.45, 7) is 7.99. The van der Waals surface area contributed by atoms with Crippen molar-refractivity contribution in [3.05, 3.63) is 70.8 Å². The molecule has 3 saturated heterocycles. The lowest BCUT2D eigenvalue weighted by molar-refractivity contribution is -0.163. The van der Waals surface area contributed by atoms with Crippen LogP contribution in [0.15, 0.2) is 42.5 Å². The van der Waals surface area contributed by atoms with Crippen LogP contribution in [0, 0.1) is 24.5 Å². The Morgan fingerprint density at radius 3 is 2.22 bits per heavy atom. The van der Waals surface area contributed by atoms with E-state index >= 15 is 0 Å². The van der Waals surface area contributed by atoms with E-state index in [0.29, 0.717) is 18.1 Å². The Morgan fingerprint density at radius 1 is 0.931 bits per heavy atom. The van der Waals surface area contributed by atoms with E-state index in [1.807, 2.05) is 26.0 Å². The summed E-state index contributed by atoms with van der Waals surface area (Å²) in [6.07, 6.45) is -2.65. The molecule has 5 rings (SSSR count). The summed E-state index contributed by atoms with van der Waals surface area (Å²) in [6, 6.07) is 1.70. The molecule has 2 aromatic rings. The van der Waals surface area contributed by atoms with Gasteiger partial charge in [-0.15, -0.1) is 0 Å². The van der Waals surface area contributed by atoms with Crippen molar-refractivity contribution in [3.8, 4) is 0 Å². The lowest BCUT2D eigenvalue weighted by Gasteiger charge is -2.37. The van der Waals surface area contributed by atoms with Crippen LogP contribution in [0.25, 0.3) is 0 Å². The van der Waals surface area contributed by atoms with Gasteiger partial charge in [0.25, 0.3) is 0 Å². The van der Waals surface area contributed by atoms with E-state index in [2.05, 4.69) is 16.0 Å². The number of cyclic esters (lactones) is 1. The topological polar surface area (TPSA) is 195 Å². The number of fused-ring (bicyclic) bond motifs is 2. The van der Waals surface area contributed by atoms with Crippen molar-refractivity contribution in [2.45, 2.75) is 115 Å². The van der Waals surface area contributed by atoms with E-state index < -0.39 is 108 Å². The molecular weight excluding hydrogens is 758 g/mol. The van der Waals surface area contributed by atoms with E-state index in [1.54, 1.807) is 12.1 Å². The molecule has 58 heavy (non-hydrogen) atoms. The number of hydrogen-bond donors (Lipinski definition) is 4. The van der Waals surface area contributed by atoms with Gasteiger partial charge in [-0.25, -0.2) is 13.6 Å². The highest BCUT2D eigenvalue weighted by Crippen LogP contribution is 2.27. The fourth-order valence-corrected chi connectivity index (χ4v) is 7.95. The largest absolute Gasteiger partial charge is 0.458 e. The van der Waals surface area contributed by atoms with Crippen LogP contribution in [0.4, 0.5) is 8.78 Å². The molecule has 0 spiro atoms. The second-order valence-electron chi connectivity index (χ2n) is 15.8. The van der Waals surface area contributed by atoms with E-state index in [-0.39, 0.29) is 43.8 Å². The monoisotopic (exact) mass is 810 g/mol. The molecule has 3 heterocycles. The van der Waals surface area contributed by atoms with Crippen LogP contribution >= 0.6 is 0 Å². The summed E-state index contributed by atoms with van der Waals surface area (Å²) in [7, 11) is 1.30. The Morgan fingerprint density at radius 2 is 1.59 bits per heavy atom. The van der Waals surface area contributed by atoms with Gasteiger partial charge in [0.05, 0.1) is 12.5 Å². The van der Waals surface area contributed by atoms with E-state index in [9.17, 15) is 47.4 Å². The Kier molecular flexibility index (Phi) is 13.9. The molecule has 2 aromatic carbocycles. The fourth-order valence-electron chi connectivity index (χ4n) is 7.95. The number of hydrogen-bond acceptors (Lipinski definition) is 9. The molecule has 17 heteroatoms. The van der Waals surface area contributed by atoms with Crippen LogP contribution in [-0.4, -0.2) is 130 Å². The van der Waals surface area contributed by atoms with Gasteiger partial charge in [0, 0.05) is 32.6 Å². The molecule has 0 bridgehead atoms. The van der Waals surface area contributed by atoms with Gasteiger partial charge >= 0.3 is 5.97 Å². The minimum atomic E-state index is -1.67. The standard InChI is InChI=1S/C41H52F2N6O9/c1-21-9-11-26(12-10-21)18-33(51)45-30(17-27-15-28(42)19-29(43)16-27)36(52)46-34-25(5)58-41(57)32-14-22(2)20-49(32)38(54)23(3)44-37(53)35(24(4)50)47(6)39(55)31-8-7-13-48(31)40(34)56/h9-12,15-16,19,22-25,30-32,34-35,50H,7-8,13-14,17-18,20H2,1-6H3,(H,44,53)(H,45,51)(H,46,52)/t22-,23+,24?,25+,30+,31+,32+,34+,35+/m1/s1. The number of nitrogens with zero attached hydrogens (tertiary/aromatic N) is 3. The predicted octanol–water partition coefficient (Wildman–Crippen LogP) is 0.914. The second-order valence-corrected chi connectivity index (χ2v) is 15.8. The molecule has 3 aliphatic heterocycles. The SMILES string of the molecule is Cc1ccc(CC(=O)N[C@@H](Cc2cc(F)cc(F)c2)C(=O)N[C@@H]2C(=O)N3CCC[C@H]3C(=O)N(C)[C@@H](C(C)O)C(=O)N[C@@H](C)C(=O)N3C[C@H](C)C[C@H]3C(=O)O[C@H]2C)cc1. The zero-order valence-corrected chi connectivity index (χ0v) is 33.5. The number of carbonyl (C=O) groups is 7. The Bertz CT molecular complexity index is 1890. The van der Waals surface area contributed by atoms with Gasteiger partial charge in [-0.1, -0.05) is 36.8 Å². The number of likely N-dealkylation sites (N-methyl/N-ethyl adjacent to an activating group) is 1. The van der Waals surface area contributed by atoms with Crippen molar-refractivity contribution in [3.63, 3.8) is 0 Å². The minimum absolute atomic E-state index is 0.0244. The highest BCUT2D eigenvalue weighted by molar-refractivity contribution is 5.98. The molecular formula is C41H52F2N6O9. The number of benzene rings is 2. The maximum absolute atomic E-state index is 14.6. The highest BCUT2D eigenvalue weighted by Gasteiger charge is 2.47. The first-order valence-electron chi connectivity index (χ1n) is 19.5. The number of ether oxygens (including phenoxy) is 1. The number of rotatable bonds is 8. The van der Waals surface area contributed by atoms with Gasteiger partial charge in [-0.2, -0.15) is 0 Å². The van der Waals surface area contributed by atoms with Crippen molar-refractivity contribution in [1.82, 2.24) is 30.7 Å². The summed E-state index contributed by atoms with van der Waals surface area (Å²) >= 11 is 0. The van der Waals surface area contributed by atoms with E-state index in [1.165, 1.54) is 37.6 Å². The molecule has 0 radical (unpaired) electrons. The number of aliphatic hydroxyl groups excluding tert-OH is 1. The van der Waals surface area contributed by atoms with Gasteiger partial charge < -0.3 is 40.5 Å². The molecule has 314 valence electrons. The van der Waals surface area contributed by atoms with Crippen LogP contribution in [0.2, 0.25) is 0 Å². The lowest BCUT2D eigenvalue weighted by Crippen LogP contribution is -2.63. The number of aryl methyl sites for hydroxylation is 1. The van der Waals surface area contributed by atoms with Crippen LogP contribution in [-0.2, 0) is 51.1 Å². The predicted molar refractivity (Wildman–Crippen MR) is 204 cm³/mol. The summed E-state index contributed by atoms with van der Waals surface area (Å²) < 4.78 is 34.5. The average molecular weight is 811 g/mol. The van der Waals surface area contributed by atoms with Crippen LogP contribution < -0.4 is 16.0 Å². The number of halogens is 2. The van der Waals surface area contributed by atoms with Crippen molar-refractivity contribution in [2.75, 3.05) is 20.1 Å². The van der Waals surface area contributed by atoms with Crippen molar-refractivity contribution in [2.24, 2.45) is 5.92 Å². The highest BCUT2D eigenvalue weighted by atomic mass is 19.1. The number of carbonyl (C=O) groups excluding carboxylic acids is 7. The molecule has 4 N–H and O–H groups in total. The van der Waals surface area contributed by atoms with Gasteiger partial charge in [0.15, 0.2) is 0 Å². The maximum Gasteiger partial charge on any atom is 0.329 e. The first-order valence-corrected chi connectivity index (χ1v) is 19.5. The van der Waals surface area contributed by atoms with Crippen LogP contribution in [0.1, 0.15) is 63.6 Å². The number of aliphatic hydroxyl groups is 1.